The van der Waals surface area contributed by atoms with E-state index in [4.69, 9.17) is 11.6 Å². The van der Waals surface area contributed by atoms with Crippen molar-refractivity contribution in [2.24, 2.45) is 0 Å². The minimum absolute atomic E-state index is 0.0150. The molecule has 1 aliphatic rings. The Morgan fingerprint density at radius 3 is 2.67 bits per heavy atom. The molecular weight excluding hydrogens is 382 g/mol. The number of fused-ring (bicyclic) bond motifs is 1. The van der Waals surface area contributed by atoms with Gasteiger partial charge in [-0.05, 0) is 29.8 Å². The van der Waals surface area contributed by atoms with Gasteiger partial charge in [0.05, 0.1) is 24.0 Å². The van der Waals surface area contributed by atoms with Gasteiger partial charge in [-0.1, -0.05) is 29.8 Å². The summed E-state index contributed by atoms with van der Waals surface area (Å²) in [7, 11) is 0. The summed E-state index contributed by atoms with van der Waals surface area (Å²) in [6.45, 7) is 4.89. The first-order valence-corrected chi connectivity index (χ1v) is 9.98. The Morgan fingerprint density at radius 2 is 1.85 bits per heavy atom. The fraction of sp³-hybridized carbons (Fsp3) is 0.316. The van der Waals surface area contributed by atoms with Crippen molar-refractivity contribution in [3.8, 4) is 0 Å². The second kappa shape index (κ2) is 8.31. The highest BCUT2D eigenvalue weighted by Gasteiger charge is 2.19. The average molecular weight is 402 g/mol. The van der Waals surface area contributed by atoms with Crippen molar-refractivity contribution in [2.75, 3.05) is 38.0 Å². The Bertz CT molecular complexity index is 939. The van der Waals surface area contributed by atoms with E-state index in [1.165, 1.54) is 5.56 Å². The zero-order chi connectivity index (χ0) is 18.6. The van der Waals surface area contributed by atoms with Crippen LogP contribution in [-0.2, 0) is 11.3 Å². The Balaban J connectivity index is 1.27. The van der Waals surface area contributed by atoms with Crippen LogP contribution < -0.4 is 5.32 Å². The van der Waals surface area contributed by atoms with Crippen LogP contribution >= 0.6 is 23.3 Å². The third-order valence-electron chi connectivity index (χ3n) is 4.69. The Hall–Kier alpha value is -2.06. The highest BCUT2D eigenvalue weighted by Crippen LogP contribution is 2.21. The summed E-state index contributed by atoms with van der Waals surface area (Å²) in [6, 6.07) is 13.6. The van der Waals surface area contributed by atoms with Gasteiger partial charge in [-0.15, -0.1) is 0 Å². The van der Waals surface area contributed by atoms with E-state index < -0.39 is 0 Å². The molecule has 3 aromatic rings. The number of piperazine rings is 1. The molecule has 2 aromatic carbocycles. The number of aromatic nitrogens is 2. The third kappa shape index (κ3) is 4.62. The Labute approximate surface area is 167 Å². The van der Waals surface area contributed by atoms with E-state index in [9.17, 15) is 4.79 Å². The van der Waals surface area contributed by atoms with E-state index in [0.29, 0.717) is 6.54 Å². The lowest BCUT2D eigenvalue weighted by Gasteiger charge is -2.34. The smallest absolute Gasteiger partial charge is 0.238 e. The van der Waals surface area contributed by atoms with E-state index >= 15 is 0 Å². The highest BCUT2D eigenvalue weighted by atomic mass is 35.5. The fourth-order valence-corrected chi connectivity index (χ4v) is 4.06. The van der Waals surface area contributed by atoms with Crippen LogP contribution in [0.2, 0.25) is 5.02 Å². The van der Waals surface area contributed by atoms with Crippen molar-refractivity contribution in [3.05, 3.63) is 53.1 Å². The lowest BCUT2D eigenvalue weighted by molar-refractivity contribution is -0.117. The number of hydrogen-bond acceptors (Lipinski definition) is 6. The second-order valence-corrected chi connectivity index (χ2v) is 7.63. The van der Waals surface area contributed by atoms with Crippen LogP contribution in [0.4, 0.5) is 5.69 Å². The summed E-state index contributed by atoms with van der Waals surface area (Å²) in [5, 5.41) is 3.74. The predicted molar refractivity (Wildman–Crippen MR) is 109 cm³/mol. The highest BCUT2D eigenvalue weighted by molar-refractivity contribution is 7.00. The summed E-state index contributed by atoms with van der Waals surface area (Å²) >= 11 is 7.22. The predicted octanol–water partition coefficient (Wildman–Crippen LogP) is 3.10. The van der Waals surface area contributed by atoms with Crippen molar-refractivity contribution >= 4 is 46.0 Å². The van der Waals surface area contributed by atoms with E-state index in [2.05, 4.69) is 29.9 Å². The molecule has 140 valence electrons. The summed E-state index contributed by atoms with van der Waals surface area (Å²) in [5.74, 6) is -0.0150. The Morgan fingerprint density at radius 1 is 1.07 bits per heavy atom. The van der Waals surface area contributed by atoms with Crippen LogP contribution in [0.5, 0.6) is 0 Å². The topological polar surface area (TPSA) is 61.4 Å². The molecule has 1 N–H and O–H groups in total. The van der Waals surface area contributed by atoms with Gasteiger partial charge in [-0.3, -0.25) is 14.6 Å². The summed E-state index contributed by atoms with van der Waals surface area (Å²) in [5.41, 5.74) is 3.51. The van der Waals surface area contributed by atoms with Gasteiger partial charge >= 0.3 is 0 Å². The molecule has 8 heteroatoms. The average Bonchev–Trinajstić information content (AvgIpc) is 3.13. The number of benzene rings is 2. The molecule has 6 nitrogen and oxygen atoms in total. The first kappa shape index (κ1) is 18.3. The molecule has 2 heterocycles. The number of carbonyl (C=O) groups is 1. The van der Waals surface area contributed by atoms with E-state index in [1.807, 2.05) is 36.4 Å². The van der Waals surface area contributed by atoms with Crippen LogP contribution in [-0.4, -0.2) is 57.2 Å². The SMILES string of the molecule is O=C(CN1CCN(Cc2cccc(Cl)c2)CC1)Nc1cccc2nsnc12. The van der Waals surface area contributed by atoms with Gasteiger partial charge in [0.1, 0.15) is 11.0 Å². The summed E-state index contributed by atoms with van der Waals surface area (Å²) in [4.78, 5) is 17.0. The second-order valence-electron chi connectivity index (χ2n) is 6.67. The van der Waals surface area contributed by atoms with Gasteiger partial charge in [-0.2, -0.15) is 8.75 Å². The maximum atomic E-state index is 12.4. The number of carbonyl (C=O) groups excluding carboxylic acids is 1. The van der Waals surface area contributed by atoms with Gasteiger partial charge in [0.2, 0.25) is 5.91 Å². The number of halogens is 1. The molecule has 1 aliphatic heterocycles. The van der Waals surface area contributed by atoms with Crippen molar-refractivity contribution in [3.63, 3.8) is 0 Å². The van der Waals surface area contributed by atoms with Crippen molar-refractivity contribution in [1.29, 1.82) is 0 Å². The van der Waals surface area contributed by atoms with Crippen LogP contribution in [0.3, 0.4) is 0 Å². The number of nitrogens with one attached hydrogen (secondary N) is 1. The van der Waals surface area contributed by atoms with Crippen LogP contribution in [0.1, 0.15) is 5.56 Å². The number of nitrogens with zero attached hydrogens (tertiary/aromatic N) is 4. The van der Waals surface area contributed by atoms with Crippen molar-refractivity contribution in [1.82, 2.24) is 18.5 Å². The monoisotopic (exact) mass is 401 g/mol. The number of amides is 1. The largest absolute Gasteiger partial charge is 0.323 e. The molecule has 0 unspecified atom stereocenters. The summed E-state index contributed by atoms with van der Waals surface area (Å²) in [6.07, 6.45) is 0. The number of hydrogen-bond donors (Lipinski definition) is 1. The number of anilines is 1. The first-order chi connectivity index (χ1) is 13.2. The van der Waals surface area contributed by atoms with Gasteiger partial charge in [0, 0.05) is 37.7 Å². The van der Waals surface area contributed by atoms with Gasteiger partial charge < -0.3 is 5.32 Å². The maximum Gasteiger partial charge on any atom is 0.238 e. The lowest BCUT2D eigenvalue weighted by Crippen LogP contribution is -2.48. The molecule has 4 rings (SSSR count). The van der Waals surface area contributed by atoms with E-state index in [0.717, 1.165) is 66.2 Å². The molecular formula is C19H20ClN5OS. The van der Waals surface area contributed by atoms with Crippen LogP contribution in [0, 0.1) is 0 Å². The van der Waals surface area contributed by atoms with E-state index in [1.54, 1.807) is 0 Å². The van der Waals surface area contributed by atoms with Crippen molar-refractivity contribution < 1.29 is 4.79 Å². The molecule has 27 heavy (non-hydrogen) atoms. The molecule has 0 spiro atoms. The molecule has 1 amide bonds. The normalized spacial score (nSPS) is 15.9. The summed E-state index contributed by atoms with van der Waals surface area (Å²) < 4.78 is 8.47. The van der Waals surface area contributed by atoms with E-state index in [-0.39, 0.29) is 5.91 Å². The van der Waals surface area contributed by atoms with Gasteiger partial charge in [0.15, 0.2) is 0 Å². The Kier molecular flexibility index (Phi) is 5.63. The lowest BCUT2D eigenvalue weighted by atomic mass is 10.2. The fourth-order valence-electron chi connectivity index (χ4n) is 3.30. The molecule has 1 saturated heterocycles. The van der Waals surface area contributed by atoms with Crippen LogP contribution in [0.25, 0.3) is 11.0 Å². The van der Waals surface area contributed by atoms with Crippen molar-refractivity contribution in [2.45, 2.75) is 6.54 Å². The minimum Gasteiger partial charge on any atom is -0.323 e. The molecule has 0 saturated carbocycles. The molecule has 0 aliphatic carbocycles. The minimum atomic E-state index is -0.0150. The maximum absolute atomic E-state index is 12.4. The van der Waals surface area contributed by atoms with Crippen LogP contribution in [0.15, 0.2) is 42.5 Å². The molecule has 0 radical (unpaired) electrons. The first-order valence-electron chi connectivity index (χ1n) is 8.88. The molecule has 0 atom stereocenters. The zero-order valence-corrected chi connectivity index (χ0v) is 16.3. The zero-order valence-electron chi connectivity index (χ0n) is 14.8. The van der Waals surface area contributed by atoms with Gasteiger partial charge in [-0.25, -0.2) is 0 Å². The third-order valence-corrected chi connectivity index (χ3v) is 5.47. The molecule has 0 bridgehead atoms. The molecule has 1 aromatic heterocycles. The standard InChI is InChI=1S/C19H20ClN5OS/c20-15-4-1-3-14(11-15)12-24-7-9-25(10-8-24)13-18(26)21-16-5-2-6-17-19(16)23-27-22-17/h1-6,11H,7-10,12-13H2,(H,21,26). The van der Waals surface area contributed by atoms with Gasteiger partial charge in [0.25, 0.3) is 0 Å². The quantitative estimate of drug-likeness (QED) is 0.711. The number of rotatable bonds is 5. The molecule has 1 fully saturated rings.